The summed E-state index contributed by atoms with van der Waals surface area (Å²) in [5.74, 6) is 0.805. The highest BCUT2D eigenvalue weighted by Crippen LogP contribution is 2.23. The van der Waals surface area contributed by atoms with Crippen LogP contribution in [0.3, 0.4) is 0 Å². The molecule has 25 heavy (non-hydrogen) atoms. The number of hydrogen-bond donors (Lipinski definition) is 0. The van der Waals surface area contributed by atoms with Gasteiger partial charge in [0.2, 0.25) is 0 Å². The number of benzene rings is 2. The van der Waals surface area contributed by atoms with Gasteiger partial charge in [-0.2, -0.15) is 0 Å². The fraction of sp³-hybridized carbons (Fsp3) is 0.300. The van der Waals surface area contributed by atoms with Gasteiger partial charge >= 0.3 is 0 Å². The van der Waals surface area contributed by atoms with Gasteiger partial charge in [-0.1, -0.05) is 48.2 Å². The highest BCUT2D eigenvalue weighted by molar-refractivity contribution is 7.98. The zero-order valence-electron chi connectivity index (χ0n) is 14.9. The van der Waals surface area contributed by atoms with Gasteiger partial charge in [0, 0.05) is 18.8 Å². The van der Waals surface area contributed by atoms with Crippen molar-refractivity contribution in [1.82, 2.24) is 14.5 Å². The number of nitrogens with zero attached hydrogens (tertiary/aromatic N) is 3. The molecular weight excluding hydrogens is 330 g/mol. The molecule has 1 heterocycles. The topological polar surface area (TPSA) is 38.1 Å². The monoisotopic (exact) mass is 353 g/mol. The molecular formula is C20H23N3OS. The lowest BCUT2D eigenvalue weighted by molar-refractivity contribution is 0.371. The van der Waals surface area contributed by atoms with E-state index < -0.39 is 0 Å². The van der Waals surface area contributed by atoms with Gasteiger partial charge in [-0.3, -0.25) is 9.36 Å². The third-order valence-corrected chi connectivity index (χ3v) is 5.24. The van der Waals surface area contributed by atoms with E-state index >= 15 is 0 Å². The fourth-order valence-electron chi connectivity index (χ4n) is 2.67. The maximum absolute atomic E-state index is 12.9. The van der Waals surface area contributed by atoms with Crippen LogP contribution >= 0.6 is 11.8 Å². The zero-order chi connectivity index (χ0) is 17.8. The Labute approximate surface area is 152 Å². The quantitative estimate of drug-likeness (QED) is 0.502. The number of aromatic nitrogens is 2. The van der Waals surface area contributed by atoms with Gasteiger partial charge in [0.1, 0.15) is 0 Å². The van der Waals surface area contributed by atoms with Crippen molar-refractivity contribution in [3.63, 3.8) is 0 Å². The first-order valence-electron chi connectivity index (χ1n) is 8.38. The van der Waals surface area contributed by atoms with E-state index in [1.807, 2.05) is 49.0 Å². The van der Waals surface area contributed by atoms with Crippen molar-refractivity contribution in [2.75, 3.05) is 20.6 Å². The molecule has 0 N–H and O–H groups in total. The predicted molar refractivity (Wildman–Crippen MR) is 105 cm³/mol. The summed E-state index contributed by atoms with van der Waals surface area (Å²) >= 11 is 1.63. The van der Waals surface area contributed by atoms with Crippen molar-refractivity contribution >= 4 is 22.7 Å². The molecule has 0 amide bonds. The minimum Gasteiger partial charge on any atom is -0.308 e. The Morgan fingerprint density at radius 2 is 1.80 bits per heavy atom. The summed E-state index contributed by atoms with van der Waals surface area (Å²) in [5, 5.41) is 1.47. The SMILES string of the molecule is Cc1ccccc1CSc1nc2ccccc2c(=O)n1CCN(C)C. The highest BCUT2D eigenvalue weighted by atomic mass is 32.2. The number of rotatable bonds is 6. The van der Waals surface area contributed by atoms with E-state index in [2.05, 4.69) is 30.0 Å². The molecule has 0 aliphatic rings. The molecule has 0 aliphatic heterocycles. The smallest absolute Gasteiger partial charge is 0.262 e. The predicted octanol–water partition coefficient (Wildman–Crippen LogP) is 3.56. The molecule has 3 rings (SSSR count). The van der Waals surface area contributed by atoms with Crippen LogP contribution in [0.4, 0.5) is 0 Å². The molecule has 0 aliphatic carbocycles. The summed E-state index contributed by atoms with van der Waals surface area (Å²) in [6.45, 7) is 3.56. The molecule has 1 aromatic heterocycles. The minimum absolute atomic E-state index is 0.0414. The molecule has 5 heteroatoms. The van der Waals surface area contributed by atoms with Gasteiger partial charge in [0.25, 0.3) is 5.56 Å². The van der Waals surface area contributed by atoms with E-state index in [-0.39, 0.29) is 5.56 Å². The van der Waals surface area contributed by atoms with Crippen LogP contribution in [0.2, 0.25) is 0 Å². The van der Waals surface area contributed by atoms with E-state index in [0.29, 0.717) is 11.9 Å². The van der Waals surface area contributed by atoms with Crippen molar-refractivity contribution in [1.29, 1.82) is 0 Å². The van der Waals surface area contributed by atoms with Crippen molar-refractivity contribution in [3.8, 4) is 0 Å². The lowest BCUT2D eigenvalue weighted by Gasteiger charge is -2.16. The van der Waals surface area contributed by atoms with E-state index in [4.69, 9.17) is 4.98 Å². The van der Waals surface area contributed by atoms with Gasteiger partial charge in [-0.15, -0.1) is 0 Å². The van der Waals surface area contributed by atoms with Gasteiger partial charge < -0.3 is 4.90 Å². The normalized spacial score (nSPS) is 11.4. The average molecular weight is 353 g/mol. The second-order valence-corrected chi connectivity index (χ2v) is 7.33. The Balaban J connectivity index is 1.98. The summed E-state index contributed by atoms with van der Waals surface area (Å²) in [6.07, 6.45) is 0. The Morgan fingerprint density at radius 3 is 2.56 bits per heavy atom. The average Bonchev–Trinajstić information content (AvgIpc) is 2.60. The van der Waals surface area contributed by atoms with Crippen LogP contribution in [-0.2, 0) is 12.3 Å². The third kappa shape index (κ3) is 4.11. The third-order valence-electron chi connectivity index (χ3n) is 4.22. The van der Waals surface area contributed by atoms with Crippen LogP contribution in [0.5, 0.6) is 0 Å². The first kappa shape index (κ1) is 17.7. The summed E-state index contributed by atoms with van der Waals surface area (Å²) in [4.78, 5) is 19.8. The number of hydrogen-bond acceptors (Lipinski definition) is 4. The van der Waals surface area contributed by atoms with Crippen LogP contribution in [0.1, 0.15) is 11.1 Å². The van der Waals surface area contributed by atoms with E-state index in [1.54, 1.807) is 11.8 Å². The van der Waals surface area contributed by atoms with Crippen molar-refractivity contribution < 1.29 is 0 Å². The van der Waals surface area contributed by atoms with Gasteiger partial charge in [0.15, 0.2) is 5.16 Å². The standard InChI is InChI=1S/C20H23N3OS/c1-15-8-4-5-9-16(15)14-25-20-21-18-11-7-6-10-17(18)19(24)23(20)13-12-22(2)3/h4-11H,12-14H2,1-3H3. The first-order chi connectivity index (χ1) is 12.1. The second-order valence-electron chi connectivity index (χ2n) is 6.39. The minimum atomic E-state index is 0.0414. The first-order valence-corrected chi connectivity index (χ1v) is 9.36. The van der Waals surface area contributed by atoms with E-state index in [0.717, 1.165) is 23.0 Å². The zero-order valence-corrected chi connectivity index (χ0v) is 15.7. The summed E-state index contributed by atoms with van der Waals surface area (Å²) in [7, 11) is 4.03. The van der Waals surface area contributed by atoms with Crippen LogP contribution in [0, 0.1) is 6.92 Å². The molecule has 4 nitrogen and oxygen atoms in total. The summed E-state index contributed by atoms with van der Waals surface area (Å²) < 4.78 is 1.81. The molecule has 0 atom stereocenters. The molecule has 0 fully saturated rings. The van der Waals surface area contributed by atoms with Crippen molar-refractivity contribution in [2.24, 2.45) is 0 Å². The number of thioether (sulfide) groups is 1. The molecule has 0 unspecified atom stereocenters. The molecule has 130 valence electrons. The molecule has 0 bridgehead atoms. The molecule has 2 aromatic carbocycles. The molecule has 0 spiro atoms. The lowest BCUT2D eigenvalue weighted by atomic mass is 10.1. The Bertz CT molecular complexity index is 934. The number of para-hydroxylation sites is 1. The van der Waals surface area contributed by atoms with Crippen LogP contribution in [0.25, 0.3) is 10.9 Å². The van der Waals surface area contributed by atoms with Crippen LogP contribution < -0.4 is 5.56 Å². The Hall–Kier alpha value is -2.11. The largest absolute Gasteiger partial charge is 0.308 e. The molecule has 3 aromatic rings. The van der Waals surface area contributed by atoms with Crippen LogP contribution in [-0.4, -0.2) is 35.1 Å². The van der Waals surface area contributed by atoms with Gasteiger partial charge in [0.05, 0.1) is 10.9 Å². The summed E-state index contributed by atoms with van der Waals surface area (Å²) in [6, 6.07) is 15.9. The van der Waals surface area contributed by atoms with Gasteiger partial charge in [-0.25, -0.2) is 4.98 Å². The highest BCUT2D eigenvalue weighted by Gasteiger charge is 2.12. The van der Waals surface area contributed by atoms with Crippen molar-refractivity contribution in [2.45, 2.75) is 24.4 Å². The number of aryl methyl sites for hydroxylation is 1. The Morgan fingerprint density at radius 1 is 1.08 bits per heavy atom. The van der Waals surface area contributed by atoms with Gasteiger partial charge in [-0.05, 0) is 44.3 Å². The number of likely N-dealkylation sites (N-methyl/N-ethyl adjacent to an activating group) is 1. The molecule has 0 saturated carbocycles. The van der Waals surface area contributed by atoms with Crippen LogP contribution in [0.15, 0.2) is 58.5 Å². The van der Waals surface area contributed by atoms with E-state index in [1.165, 1.54) is 11.1 Å². The maximum Gasteiger partial charge on any atom is 0.262 e. The van der Waals surface area contributed by atoms with Crippen molar-refractivity contribution in [3.05, 3.63) is 70.0 Å². The fourth-order valence-corrected chi connectivity index (χ4v) is 3.77. The van der Waals surface area contributed by atoms with E-state index in [9.17, 15) is 4.79 Å². The molecule has 0 radical (unpaired) electrons. The maximum atomic E-state index is 12.9. The lowest BCUT2D eigenvalue weighted by Crippen LogP contribution is -2.28. The second kappa shape index (κ2) is 7.85. The summed E-state index contributed by atoms with van der Waals surface area (Å²) in [5.41, 5.74) is 3.34. The molecule has 0 saturated heterocycles. The number of fused-ring (bicyclic) bond motifs is 1. The Kier molecular flexibility index (Phi) is 5.56.